The van der Waals surface area contributed by atoms with E-state index in [0.717, 1.165) is 19.3 Å². The van der Waals surface area contributed by atoms with E-state index in [0.29, 0.717) is 25.6 Å². The van der Waals surface area contributed by atoms with E-state index in [1.54, 1.807) is 6.92 Å². The molecular formula is C20H30N2O2. The molecule has 1 fully saturated rings. The topological polar surface area (TPSA) is 49.4 Å². The Bertz CT molecular complexity index is 587. The lowest BCUT2D eigenvalue weighted by atomic mass is 9.95. The van der Waals surface area contributed by atoms with E-state index in [1.807, 2.05) is 4.90 Å². The van der Waals surface area contributed by atoms with Crippen molar-refractivity contribution in [2.75, 3.05) is 19.6 Å². The average Bonchev–Trinajstić information content (AvgIpc) is 2.56. The van der Waals surface area contributed by atoms with Crippen molar-refractivity contribution in [2.24, 2.45) is 5.92 Å². The lowest BCUT2D eigenvalue weighted by Gasteiger charge is -2.30. The molecule has 1 aromatic rings. The van der Waals surface area contributed by atoms with Gasteiger partial charge in [-0.1, -0.05) is 32.0 Å². The van der Waals surface area contributed by atoms with Crippen LogP contribution in [-0.2, 0) is 16.0 Å². The summed E-state index contributed by atoms with van der Waals surface area (Å²) in [5, 5.41) is 3.08. The minimum Gasteiger partial charge on any atom is -0.356 e. The van der Waals surface area contributed by atoms with Gasteiger partial charge in [0.2, 0.25) is 11.8 Å². The first-order valence-electron chi connectivity index (χ1n) is 9.01. The maximum Gasteiger partial charge on any atom is 0.223 e. The minimum atomic E-state index is 0.0451. The van der Waals surface area contributed by atoms with Crippen LogP contribution in [-0.4, -0.2) is 36.3 Å². The maximum absolute atomic E-state index is 12.3. The van der Waals surface area contributed by atoms with Gasteiger partial charge in [0.05, 0.1) is 0 Å². The van der Waals surface area contributed by atoms with Gasteiger partial charge in [-0.05, 0) is 48.8 Å². The number of rotatable bonds is 5. The van der Waals surface area contributed by atoms with Crippen molar-refractivity contribution in [1.29, 1.82) is 0 Å². The molecule has 0 saturated carbocycles. The van der Waals surface area contributed by atoms with Crippen LogP contribution in [0.4, 0.5) is 0 Å². The molecule has 0 unspecified atom stereocenters. The number of likely N-dealkylation sites (tertiary alicyclic amines) is 1. The molecular weight excluding hydrogens is 300 g/mol. The lowest BCUT2D eigenvalue weighted by molar-refractivity contribution is -0.133. The summed E-state index contributed by atoms with van der Waals surface area (Å²) in [6.07, 6.45) is 2.41. The molecule has 1 N–H and O–H groups in total. The Labute approximate surface area is 145 Å². The number of amides is 2. The third-order valence-corrected chi connectivity index (χ3v) is 5.04. The summed E-state index contributed by atoms with van der Waals surface area (Å²) in [5.41, 5.74) is 3.94. The highest BCUT2D eigenvalue weighted by Gasteiger charge is 2.25. The van der Waals surface area contributed by atoms with E-state index in [2.05, 4.69) is 44.3 Å². The highest BCUT2D eigenvalue weighted by molar-refractivity contribution is 5.79. The van der Waals surface area contributed by atoms with E-state index in [-0.39, 0.29) is 17.7 Å². The quantitative estimate of drug-likeness (QED) is 0.902. The van der Waals surface area contributed by atoms with Crippen molar-refractivity contribution >= 4 is 11.8 Å². The zero-order valence-corrected chi connectivity index (χ0v) is 15.4. The van der Waals surface area contributed by atoms with Gasteiger partial charge >= 0.3 is 0 Å². The fourth-order valence-electron chi connectivity index (χ4n) is 3.24. The molecule has 0 spiro atoms. The zero-order chi connectivity index (χ0) is 17.7. The monoisotopic (exact) mass is 330 g/mol. The summed E-state index contributed by atoms with van der Waals surface area (Å²) < 4.78 is 0. The van der Waals surface area contributed by atoms with Crippen molar-refractivity contribution in [1.82, 2.24) is 10.2 Å². The highest BCUT2D eigenvalue weighted by Crippen LogP contribution is 2.19. The van der Waals surface area contributed by atoms with E-state index in [4.69, 9.17) is 0 Å². The largest absolute Gasteiger partial charge is 0.356 e. The molecule has 1 aliphatic heterocycles. The highest BCUT2D eigenvalue weighted by atomic mass is 16.2. The Balaban J connectivity index is 1.81. The number of aryl methyl sites for hydroxylation is 1. The molecule has 1 saturated heterocycles. The number of piperidine rings is 1. The molecule has 0 radical (unpaired) electrons. The van der Waals surface area contributed by atoms with Crippen LogP contribution in [0, 0.1) is 12.8 Å². The Kier molecular flexibility index (Phi) is 6.41. The molecule has 24 heavy (non-hydrogen) atoms. The fraction of sp³-hybridized carbons (Fsp3) is 0.600. The van der Waals surface area contributed by atoms with E-state index in [9.17, 15) is 9.59 Å². The molecule has 0 aromatic heterocycles. The second-order valence-corrected chi connectivity index (χ2v) is 7.16. The van der Waals surface area contributed by atoms with Crippen LogP contribution in [0.5, 0.6) is 0 Å². The van der Waals surface area contributed by atoms with Gasteiger partial charge < -0.3 is 10.2 Å². The van der Waals surface area contributed by atoms with Gasteiger partial charge in [-0.2, -0.15) is 0 Å². The van der Waals surface area contributed by atoms with Crippen LogP contribution in [0.3, 0.4) is 0 Å². The van der Waals surface area contributed by atoms with E-state index >= 15 is 0 Å². The van der Waals surface area contributed by atoms with Crippen LogP contribution >= 0.6 is 0 Å². The van der Waals surface area contributed by atoms with Gasteiger partial charge in [0.25, 0.3) is 0 Å². The van der Waals surface area contributed by atoms with Crippen molar-refractivity contribution in [3.63, 3.8) is 0 Å². The van der Waals surface area contributed by atoms with E-state index in [1.165, 1.54) is 16.7 Å². The molecule has 1 aliphatic rings. The summed E-state index contributed by atoms with van der Waals surface area (Å²) in [4.78, 5) is 25.5. The first kappa shape index (κ1) is 18.5. The number of nitrogens with zero attached hydrogens (tertiary/aromatic N) is 1. The molecule has 0 atom stereocenters. The summed E-state index contributed by atoms with van der Waals surface area (Å²) in [7, 11) is 0. The summed E-state index contributed by atoms with van der Waals surface area (Å²) in [6, 6.07) is 6.62. The minimum absolute atomic E-state index is 0.0451. The van der Waals surface area contributed by atoms with Crippen LogP contribution < -0.4 is 5.32 Å². The Morgan fingerprint density at radius 3 is 2.50 bits per heavy atom. The molecule has 0 bridgehead atoms. The summed E-state index contributed by atoms with van der Waals surface area (Å²) in [5.74, 6) is 0.805. The third kappa shape index (κ3) is 4.83. The number of hydrogen-bond acceptors (Lipinski definition) is 2. The standard InChI is InChI=1S/C20H30N2O2/c1-14(2)18-6-5-15(3)19(13-18)7-10-21-20(24)17-8-11-22(12-9-17)16(4)23/h5-6,13-14,17H,7-12H2,1-4H3,(H,21,24). The number of carbonyl (C=O) groups is 2. The van der Waals surface area contributed by atoms with Crippen LogP contribution in [0.1, 0.15) is 56.2 Å². The first-order valence-corrected chi connectivity index (χ1v) is 9.01. The lowest BCUT2D eigenvalue weighted by Crippen LogP contribution is -2.42. The molecule has 2 amide bonds. The molecule has 1 aromatic carbocycles. The van der Waals surface area contributed by atoms with Gasteiger partial charge in [0, 0.05) is 32.5 Å². The smallest absolute Gasteiger partial charge is 0.223 e. The molecule has 132 valence electrons. The Morgan fingerprint density at radius 2 is 1.92 bits per heavy atom. The van der Waals surface area contributed by atoms with Gasteiger partial charge in [0.1, 0.15) is 0 Å². The second-order valence-electron chi connectivity index (χ2n) is 7.16. The number of nitrogens with one attached hydrogen (secondary N) is 1. The molecule has 4 heteroatoms. The van der Waals surface area contributed by atoms with Crippen molar-refractivity contribution in [2.45, 2.75) is 52.9 Å². The van der Waals surface area contributed by atoms with Crippen molar-refractivity contribution in [3.05, 3.63) is 34.9 Å². The molecule has 4 nitrogen and oxygen atoms in total. The maximum atomic E-state index is 12.3. The second kappa shape index (κ2) is 8.32. The predicted molar refractivity (Wildman–Crippen MR) is 97.0 cm³/mol. The average molecular weight is 330 g/mol. The van der Waals surface area contributed by atoms with E-state index < -0.39 is 0 Å². The number of carbonyl (C=O) groups excluding carboxylic acids is 2. The van der Waals surface area contributed by atoms with Gasteiger partial charge in [-0.25, -0.2) is 0 Å². The SMILES string of the molecule is CC(=O)N1CCC(C(=O)NCCc2cc(C(C)C)ccc2C)CC1. The van der Waals surface area contributed by atoms with Crippen molar-refractivity contribution in [3.8, 4) is 0 Å². The molecule has 1 heterocycles. The summed E-state index contributed by atoms with van der Waals surface area (Å²) in [6.45, 7) is 10.2. The van der Waals surface area contributed by atoms with Gasteiger partial charge in [-0.3, -0.25) is 9.59 Å². The third-order valence-electron chi connectivity index (χ3n) is 5.04. The molecule has 2 rings (SSSR count). The van der Waals surface area contributed by atoms with Gasteiger partial charge in [0.15, 0.2) is 0 Å². The van der Waals surface area contributed by atoms with Crippen LogP contribution in [0.15, 0.2) is 18.2 Å². The Morgan fingerprint density at radius 1 is 1.25 bits per heavy atom. The number of benzene rings is 1. The normalized spacial score (nSPS) is 15.6. The summed E-state index contributed by atoms with van der Waals surface area (Å²) >= 11 is 0. The van der Waals surface area contributed by atoms with Gasteiger partial charge in [-0.15, -0.1) is 0 Å². The molecule has 0 aliphatic carbocycles. The first-order chi connectivity index (χ1) is 11.4. The van der Waals surface area contributed by atoms with Crippen LogP contribution in [0.25, 0.3) is 0 Å². The predicted octanol–water partition coefficient (Wildman–Crippen LogP) is 3.04. The fourth-order valence-corrected chi connectivity index (χ4v) is 3.24. The zero-order valence-electron chi connectivity index (χ0n) is 15.4. The Hall–Kier alpha value is -1.84. The number of hydrogen-bond donors (Lipinski definition) is 1. The van der Waals surface area contributed by atoms with Crippen LogP contribution in [0.2, 0.25) is 0 Å². The van der Waals surface area contributed by atoms with Crippen molar-refractivity contribution < 1.29 is 9.59 Å².